The maximum atomic E-state index is 11.3. The van der Waals surface area contributed by atoms with Crippen LogP contribution in [-0.2, 0) is 9.53 Å². The number of carbonyl (C=O) groups is 1. The molecule has 3 unspecified atom stereocenters. The van der Waals surface area contributed by atoms with E-state index in [0.29, 0.717) is 5.92 Å². The maximum absolute atomic E-state index is 11.3. The maximum Gasteiger partial charge on any atom is 0.322 e. The second-order valence-electron chi connectivity index (χ2n) is 4.79. The molecule has 86 valence electrons. The molecule has 0 radical (unpaired) electrons. The van der Waals surface area contributed by atoms with Gasteiger partial charge in [0.05, 0.1) is 7.11 Å². The number of carbonyl (C=O) groups excluding carboxylic acids is 1. The summed E-state index contributed by atoms with van der Waals surface area (Å²) in [5.74, 6) is 1.31. The van der Waals surface area contributed by atoms with E-state index in [0.717, 1.165) is 18.9 Å². The number of nitrogens with one attached hydrogen (secondary N) is 1. The van der Waals surface area contributed by atoms with Gasteiger partial charge in [-0.3, -0.25) is 4.79 Å². The highest BCUT2D eigenvalue weighted by Gasteiger charge is 2.36. The first kappa shape index (κ1) is 10.9. The van der Waals surface area contributed by atoms with Gasteiger partial charge < -0.3 is 15.0 Å². The van der Waals surface area contributed by atoms with Crippen LogP contribution in [0, 0.1) is 11.8 Å². The van der Waals surface area contributed by atoms with Gasteiger partial charge in [-0.05, 0) is 44.8 Å². The van der Waals surface area contributed by atoms with Gasteiger partial charge >= 0.3 is 5.97 Å². The number of ether oxygens (including phenoxy) is 1. The molecule has 0 spiro atoms. The Labute approximate surface area is 91.0 Å². The van der Waals surface area contributed by atoms with Crippen LogP contribution >= 0.6 is 0 Å². The lowest BCUT2D eigenvalue weighted by atomic mass is 9.89. The van der Waals surface area contributed by atoms with E-state index in [4.69, 9.17) is 4.74 Å². The molecule has 15 heavy (non-hydrogen) atoms. The monoisotopic (exact) mass is 212 g/mol. The summed E-state index contributed by atoms with van der Waals surface area (Å²) in [6.45, 7) is 3.35. The Hall–Kier alpha value is -0.610. The Morgan fingerprint density at radius 2 is 2.27 bits per heavy atom. The minimum absolute atomic E-state index is 0.0640. The van der Waals surface area contributed by atoms with Crippen molar-refractivity contribution < 1.29 is 9.53 Å². The number of likely N-dealkylation sites (tertiary alicyclic amines) is 1. The van der Waals surface area contributed by atoms with Gasteiger partial charge in [-0.25, -0.2) is 0 Å². The summed E-state index contributed by atoms with van der Waals surface area (Å²) in [6.07, 6.45) is 2.22. The zero-order chi connectivity index (χ0) is 10.8. The van der Waals surface area contributed by atoms with Gasteiger partial charge in [-0.2, -0.15) is 0 Å². The van der Waals surface area contributed by atoms with Crippen molar-refractivity contribution in [2.45, 2.75) is 18.9 Å². The number of esters is 1. The van der Waals surface area contributed by atoms with E-state index >= 15 is 0 Å². The number of methoxy groups -OCH3 is 1. The van der Waals surface area contributed by atoms with Crippen LogP contribution in [0.15, 0.2) is 0 Å². The van der Waals surface area contributed by atoms with Crippen LogP contribution in [0.5, 0.6) is 0 Å². The Kier molecular flexibility index (Phi) is 3.26. The molecule has 2 fully saturated rings. The minimum atomic E-state index is -0.108. The SMILES string of the molecule is COC(=O)C1CC(C2CCN(C)C2)CN1. The number of nitrogens with zero attached hydrogens (tertiary/aromatic N) is 1. The van der Waals surface area contributed by atoms with Crippen LogP contribution in [0.25, 0.3) is 0 Å². The molecule has 3 atom stereocenters. The summed E-state index contributed by atoms with van der Waals surface area (Å²) < 4.78 is 4.75. The Bertz CT molecular complexity index is 245. The molecule has 2 saturated heterocycles. The van der Waals surface area contributed by atoms with Crippen molar-refractivity contribution in [1.29, 1.82) is 0 Å². The fraction of sp³-hybridized carbons (Fsp3) is 0.909. The molecule has 0 aromatic rings. The molecule has 2 aliphatic heterocycles. The lowest BCUT2D eigenvalue weighted by Crippen LogP contribution is -2.31. The van der Waals surface area contributed by atoms with Gasteiger partial charge in [0, 0.05) is 6.54 Å². The third-order valence-corrected chi connectivity index (χ3v) is 3.75. The predicted octanol–water partition coefficient (Wildman–Crippen LogP) is 0.0892. The molecule has 2 aliphatic rings. The van der Waals surface area contributed by atoms with E-state index in [1.807, 2.05) is 0 Å². The fourth-order valence-electron chi connectivity index (χ4n) is 2.80. The van der Waals surface area contributed by atoms with Gasteiger partial charge in [0.15, 0.2) is 0 Å². The van der Waals surface area contributed by atoms with Gasteiger partial charge in [-0.15, -0.1) is 0 Å². The van der Waals surface area contributed by atoms with Crippen molar-refractivity contribution in [2.75, 3.05) is 33.8 Å². The number of hydrogen-bond acceptors (Lipinski definition) is 4. The quantitative estimate of drug-likeness (QED) is 0.659. The van der Waals surface area contributed by atoms with E-state index in [1.54, 1.807) is 0 Å². The normalized spacial score (nSPS) is 37.1. The van der Waals surface area contributed by atoms with Crippen molar-refractivity contribution in [2.24, 2.45) is 11.8 Å². The molecular weight excluding hydrogens is 192 g/mol. The molecule has 1 N–H and O–H groups in total. The molecule has 0 aromatic carbocycles. The van der Waals surface area contributed by atoms with E-state index in [9.17, 15) is 4.79 Å². The number of hydrogen-bond donors (Lipinski definition) is 1. The first-order valence-corrected chi connectivity index (χ1v) is 5.70. The topological polar surface area (TPSA) is 41.6 Å². The Balaban J connectivity index is 1.84. The Morgan fingerprint density at radius 1 is 1.47 bits per heavy atom. The van der Waals surface area contributed by atoms with E-state index in [-0.39, 0.29) is 12.0 Å². The standard InChI is InChI=1S/C11H20N2O2/c1-13-4-3-8(7-13)9-5-10(12-6-9)11(14)15-2/h8-10,12H,3-7H2,1-2H3. The highest BCUT2D eigenvalue weighted by atomic mass is 16.5. The fourth-order valence-corrected chi connectivity index (χ4v) is 2.80. The summed E-state index contributed by atoms with van der Waals surface area (Å²) in [4.78, 5) is 13.7. The second-order valence-corrected chi connectivity index (χ2v) is 4.79. The molecule has 4 heteroatoms. The van der Waals surface area contributed by atoms with Crippen molar-refractivity contribution in [3.63, 3.8) is 0 Å². The highest BCUT2D eigenvalue weighted by molar-refractivity contribution is 5.76. The summed E-state index contributed by atoms with van der Waals surface area (Å²) in [7, 11) is 3.63. The lowest BCUT2D eigenvalue weighted by molar-refractivity contribution is -0.142. The highest BCUT2D eigenvalue weighted by Crippen LogP contribution is 2.29. The van der Waals surface area contributed by atoms with Crippen molar-refractivity contribution in [3.05, 3.63) is 0 Å². The molecule has 0 aromatic heterocycles. The van der Waals surface area contributed by atoms with Crippen LogP contribution < -0.4 is 5.32 Å². The summed E-state index contributed by atoms with van der Waals surface area (Å²) in [6, 6.07) is -0.0640. The van der Waals surface area contributed by atoms with Gasteiger partial charge in [-0.1, -0.05) is 0 Å². The van der Waals surface area contributed by atoms with Crippen molar-refractivity contribution >= 4 is 5.97 Å². The second kappa shape index (κ2) is 4.49. The van der Waals surface area contributed by atoms with E-state index < -0.39 is 0 Å². The lowest BCUT2D eigenvalue weighted by Gasteiger charge is -2.17. The van der Waals surface area contributed by atoms with Gasteiger partial charge in [0.25, 0.3) is 0 Å². The van der Waals surface area contributed by atoms with Crippen LogP contribution in [-0.4, -0.2) is 50.7 Å². The minimum Gasteiger partial charge on any atom is -0.468 e. The smallest absolute Gasteiger partial charge is 0.322 e. The molecule has 2 heterocycles. The first-order valence-electron chi connectivity index (χ1n) is 5.70. The molecular formula is C11H20N2O2. The van der Waals surface area contributed by atoms with Crippen molar-refractivity contribution in [1.82, 2.24) is 10.2 Å². The van der Waals surface area contributed by atoms with Gasteiger partial charge in [0.1, 0.15) is 6.04 Å². The summed E-state index contributed by atoms with van der Waals surface area (Å²) in [5, 5.41) is 3.26. The Morgan fingerprint density at radius 3 is 2.87 bits per heavy atom. The molecule has 0 bridgehead atoms. The molecule has 2 rings (SSSR count). The number of rotatable bonds is 2. The van der Waals surface area contributed by atoms with Crippen molar-refractivity contribution in [3.8, 4) is 0 Å². The first-order chi connectivity index (χ1) is 7.20. The molecule has 4 nitrogen and oxygen atoms in total. The zero-order valence-corrected chi connectivity index (χ0v) is 9.53. The van der Waals surface area contributed by atoms with E-state index in [2.05, 4.69) is 17.3 Å². The predicted molar refractivity (Wildman–Crippen MR) is 57.5 cm³/mol. The van der Waals surface area contributed by atoms with E-state index in [1.165, 1.54) is 26.6 Å². The zero-order valence-electron chi connectivity index (χ0n) is 9.53. The third kappa shape index (κ3) is 2.32. The summed E-state index contributed by atoms with van der Waals surface area (Å²) in [5.41, 5.74) is 0. The molecule has 0 amide bonds. The molecule has 0 saturated carbocycles. The largest absolute Gasteiger partial charge is 0.468 e. The average Bonchev–Trinajstić information content (AvgIpc) is 2.84. The van der Waals surface area contributed by atoms with Crippen LogP contribution in [0.3, 0.4) is 0 Å². The molecule has 0 aliphatic carbocycles. The van der Waals surface area contributed by atoms with Crippen LogP contribution in [0.1, 0.15) is 12.8 Å². The average molecular weight is 212 g/mol. The van der Waals surface area contributed by atoms with Gasteiger partial charge in [0.2, 0.25) is 0 Å². The summed E-state index contributed by atoms with van der Waals surface area (Å²) >= 11 is 0. The third-order valence-electron chi connectivity index (χ3n) is 3.75. The van der Waals surface area contributed by atoms with Crippen LogP contribution in [0.4, 0.5) is 0 Å². The van der Waals surface area contributed by atoms with Crippen LogP contribution in [0.2, 0.25) is 0 Å².